The Morgan fingerprint density at radius 1 is 0.266 bits per heavy atom. The van der Waals surface area contributed by atoms with Crippen molar-refractivity contribution in [2.45, 2.75) is 94.3 Å². The molecular formula is C105H92N2O2. The maximum Gasteiger partial charge on any atom is 0.119 e. The molecule has 2 unspecified atom stereocenters. The SMILES string of the molecule is C=Cc1ccc(OCCCCCCC2(c3ccccc3)c3ccccc3-c3ccc(N(c4ccc(-c5ccccc5)cc4)c4ccc5c(c4)C(C)(C)c4cc(N(c6ccc(-c7ccccc7)cc6)c6ccc7c(c6)C(CCCCCCOc6ccc(C=C)cc6)(c6ccccc6)c6ccccc6-7)ccc4-5)cc32)cc1. The molecule has 534 valence electrons. The second kappa shape index (κ2) is 30.6. The number of anilines is 6. The van der Waals surface area contributed by atoms with Gasteiger partial charge in [0.25, 0.3) is 0 Å². The Labute approximate surface area is 644 Å². The van der Waals surface area contributed by atoms with E-state index in [1.807, 2.05) is 36.4 Å². The number of fused-ring (bicyclic) bond motifs is 9. The molecule has 4 heteroatoms. The minimum Gasteiger partial charge on any atom is -0.494 e. The van der Waals surface area contributed by atoms with E-state index in [9.17, 15) is 0 Å². The smallest absolute Gasteiger partial charge is 0.119 e. The van der Waals surface area contributed by atoms with Crippen molar-refractivity contribution in [3.63, 3.8) is 0 Å². The maximum absolute atomic E-state index is 6.23. The number of benzene rings is 14. The van der Waals surface area contributed by atoms with Crippen molar-refractivity contribution in [3.05, 3.63) is 409 Å². The van der Waals surface area contributed by atoms with Crippen LogP contribution < -0.4 is 19.3 Å². The zero-order valence-electron chi connectivity index (χ0n) is 62.6. The molecule has 0 bridgehead atoms. The first kappa shape index (κ1) is 69.8. The van der Waals surface area contributed by atoms with Gasteiger partial charge in [0, 0.05) is 50.4 Å². The van der Waals surface area contributed by atoms with Gasteiger partial charge in [0.15, 0.2) is 0 Å². The quantitative estimate of drug-likeness (QED) is 0.0456. The highest BCUT2D eigenvalue weighted by Gasteiger charge is 2.47. The zero-order chi connectivity index (χ0) is 73.7. The zero-order valence-corrected chi connectivity index (χ0v) is 62.6. The van der Waals surface area contributed by atoms with Crippen molar-refractivity contribution in [3.8, 4) is 67.1 Å². The fourth-order valence-corrected chi connectivity index (χ4v) is 18.1. The molecule has 14 aromatic carbocycles. The summed E-state index contributed by atoms with van der Waals surface area (Å²) in [6.07, 6.45) is 14.2. The lowest BCUT2D eigenvalue weighted by atomic mass is 9.69. The molecule has 2 atom stereocenters. The Bertz CT molecular complexity index is 5210. The van der Waals surface area contributed by atoms with Crippen molar-refractivity contribution in [1.29, 1.82) is 0 Å². The highest BCUT2D eigenvalue weighted by molar-refractivity contribution is 5.93. The first-order valence-corrected chi connectivity index (χ1v) is 39.2. The first-order valence-electron chi connectivity index (χ1n) is 39.2. The molecular weight excluding hydrogens is 1320 g/mol. The van der Waals surface area contributed by atoms with E-state index in [4.69, 9.17) is 9.47 Å². The molecule has 3 aliphatic rings. The molecule has 3 aliphatic carbocycles. The van der Waals surface area contributed by atoms with Gasteiger partial charge in [-0.1, -0.05) is 320 Å². The van der Waals surface area contributed by atoms with Gasteiger partial charge in [0.05, 0.1) is 13.2 Å². The highest BCUT2D eigenvalue weighted by Crippen LogP contribution is 2.60. The molecule has 0 heterocycles. The van der Waals surface area contributed by atoms with E-state index < -0.39 is 5.41 Å². The van der Waals surface area contributed by atoms with E-state index >= 15 is 0 Å². The lowest BCUT2D eigenvalue weighted by molar-refractivity contribution is 0.303. The monoisotopic (exact) mass is 1410 g/mol. The lowest BCUT2D eigenvalue weighted by Gasteiger charge is -2.35. The van der Waals surface area contributed by atoms with Crippen LogP contribution in [0.15, 0.2) is 353 Å². The van der Waals surface area contributed by atoms with E-state index in [0.717, 1.165) is 121 Å². The van der Waals surface area contributed by atoms with Gasteiger partial charge < -0.3 is 19.3 Å². The van der Waals surface area contributed by atoms with Crippen LogP contribution in [-0.4, -0.2) is 13.2 Å². The second-order valence-corrected chi connectivity index (χ2v) is 30.2. The molecule has 0 aliphatic heterocycles. The summed E-state index contributed by atoms with van der Waals surface area (Å²) in [6, 6.07) is 127. The summed E-state index contributed by atoms with van der Waals surface area (Å²) >= 11 is 0. The maximum atomic E-state index is 6.23. The van der Waals surface area contributed by atoms with E-state index in [1.165, 1.54) is 100 Å². The number of unbranched alkanes of at least 4 members (excludes halogenated alkanes) is 6. The normalized spacial score (nSPS) is 15.2. The fourth-order valence-electron chi connectivity index (χ4n) is 18.1. The minimum absolute atomic E-state index is 0.376. The van der Waals surface area contributed by atoms with Gasteiger partial charge >= 0.3 is 0 Å². The summed E-state index contributed by atoms with van der Waals surface area (Å²) in [7, 11) is 0. The topological polar surface area (TPSA) is 24.9 Å². The standard InChI is InChI=1S/C105H92N2O2/c1-5-75-43-59-89(60-44-75)108-69-29-9-7-27-67-104(81-35-19-13-20-36-81)97-41-25-23-39-91(97)95-65-57-87(73-101(95)104)106(83-51-47-79(48-52-83)77-31-15-11-16-32-77)85-55-63-93-94-64-56-86(72-100(94)103(3,4)99(93)71-85)107(84-53-49-80(50-54-84)78-33-17-12-18-34-78)88-58-66-96-92-40-24-26-42-98(92)105(102(96)74-88,82-37-21-14-22-38-82)68-28-8-10-30-70-109-90-61-45-76(6-2)46-62-90/h5-6,11-26,31-66,71-74H,1-2,7-10,27-30,67-70H2,3-4H3. The predicted octanol–water partition coefficient (Wildman–Crippen LogP) is 28.2. The Morgan fingerprint density at radius 2 is 0.560 bits per heavy atom. The molecule has 4 nitrogen and oxygen atoms in total. The largest absolute Gasteiger partial charge is 0.494 e. The molecule has 0 fully saturated rings. The predicted molar refractivity (Wildman–Crippen MR) is 458 cm³/mol. The van der Waals surface area contributed by atoms with Gasteiger partial charge in [-0.25, -0.2) is 0 Å². The second-order valence-electron chi connectivity index (χ2n) is 30.2. The summed E-state index contributed by atoms with van der Waals surface area (Å²) in [6.45, 7) is 14.1. The summed E-state index contributed by atoms with van der Waals surface area (Å²) in [5.74, 6) is 1.81. The molecule has 0 radical (unpaired) electrons. The summed E-state index contributed by atoms with van der Waals surface area (Å²) in [4.78, 5) is 5.04. The van der Waals surface area contributed by atoms with Crippen LogP contribution in [0.4, 0.5) is 34.1 Å². The van der Waals surface area contributed by atoms with Crippen LogP contribution >= 0.6 is 0 Å². The third-order valence-electron chi connectivity index (χ3n) is 23.6. The Morgan fingerprint density at radius 3 is 0.927 bits per heavy atom. The Hall–Kier alpha value is -12.2. The molecule has 0 amide bonds. The number of hydrogen-bond acceptors (Lipinski definition) is 4. The van der Waals surface area contributed by atoms with Gasteiger partial charge in [-0.15, -0.1) is 0 Å². The van der Waals surface area contributed by atoms with Crippen molar-refractivity contribution < 1.29 is 9.47 Å². The van der Waals surface area contributed by atoms with Crippen molar-refractivity contribution >= 4 is 46.3 Å². The van der Waals surface area contributed by atoms with Gasteiger partial charge in [0.2, 0.25) is 0 Å². The minimum atomic E-state index is -0.390. The number of ether oxygens (including phenoxy) is 2. The fraction of sp³-hybridized carbons (Fsp3) is 0.162. The van der Waals surface area contributed by atoms with E-state index in [2.05, 4.69) is 352 Å². The molecule has 14 aromatic rings. The van der Waals surface area contributed by atoms with Crippen LogP contribution in [0.25, 0.3) is 67.8 Å². The molecule has 0 spiro atoms. The van der Waals surface area contributed by atoms with Crippen LogP contribution in [-0.2, 0) is 16.2 Å². The summed E-state index contributed by atoms with van der Waals surface area (Å²) < 4.78 is 12.5. The molecule has 0 saturated carbocycles. The lowest BCUT2D eigenvalue weighted by Crippen LogP contribution is -2.27. The Balaban J connectivity index is 0.730. The van der Waals surface area contributed by atoms with Crippen molar-refractivity contribution in [2.75, 3.05) is 23.0 Å². The highest BCUT2D eigenvalue weighted by atomic mass is 16.5. The average Bonchev–Trinajstić information content (AvgIpc) is 1.56. The molecule has 0 N–H and O–H groups in total. The summed E-state index contributed by atoms with van der Waals surface area (Å²) in [5.41, 5.74) is 31.0. The number of nitrogens with zero attached hydrogens (tertiary/aromatic N) is 2. The van der Waals surface area contributed by atoms with Gasteiger partial charge in [-0.2, -0.15) is 0 Å². The number of hydrogen-bond donors (Lipinski definition) is 0. The Kier molecular flexibility index (Phi) is 19.6. The summed E-state index contributed by atoms with van der Waals surface area (Å²) in [5, 5.41) is 0. The van der Waals surface area contributed by atoms with Crippen molar-refractivity contribution in [2.24, 2.45) is 0 Å². The molecule has 17 rings (SSSR count). The van der Waals surface area contributed by atoms with Crippen LogP contribution in [0, 0.1) is 0 Å². The van der Waals surface area contributed by atoms with Gasteiger partial charge in [0.1, 0.15) is 11.5 Å². The van der Waals surface area contributed by atoms with Crippen molar-refractivity contribution in [1.82, 2.24) is 0 Å². The van der Waals surface area contributed by atoms with Crippen LogP contribution in [0.3, 0.4) is 0 Å². The van der Waals surface area contributed by atoms with Gasteiger partial charge in [-0.3, -0.25) is 0 Å². The van der Waals surface area contributed by atoms with E-state index in [1.54, 1.807) is 0 Å². The van der Waals surface area contributed by atoms with E-state index in [0.29, 0.717) is 13.2 Å². The van der Waals surface area contributed by atoms with Crippen LogP contribution in [0.5, 0.6) is 11.5 Å². The number of rotatable bonds is 28. The average molecular weight is 1410 g/mol. The third-order valence-corrected chi connectivity index (χ3v) is 23.6. The molecule has 109 heavy (non-hydrogen) atoms. The molecule has 0 saturated heterocycles. The van der Waals surface area contributed by atoms with Gasteiger partial charge in [-0.05, 0) is 234 Å². The first-order chi connectivity index (χ1) is 53.7. The third kappa shape index (κ3) is 13.3. The molecule has 0 aromatic heterocycles. The van der Waals surface area contributed by atoms with E-state index in [-0.39, 0.29) is 10.8 Å². The van der Waals surface area contributed by atoms with Crippen LogP contribution in [0.2, 0.25) is 0 Å². The van der Waals surface area contributed by atoms with Crippen LogP contribution in [0.1, 0.15) is 134 Å².